The van der Waals surface area contributed by atoms with Gasteiger partial charge in [0.1, 0.15) is 11.8 Å². The van der Waals surface area contributed by atoms with Crippen molar-refractivity contribution in [2.24, 2.45) is 0 Å². The molecule has 2 amide bonds. The van der Waals surface area contributed by atoms with Gasteiger partial charge in [0, 0.05) is 19.7 Å². The summed E-state index contributed by atoms with van der Waals surface area (Å²) >= 11 is 1.37. The summed E-state index contributed by atoms with van der Waals surface area (Å²) in [5.41, 5.74) is 0.726. The predicted octanol–water partition coefficient (Wildman–Crippen LogP) is 4.04. The lowest BCUT2D eigenvalue weighted by Gasteiger charge is -2.33. The van der Waals surface area contributed by atoms with Crippen molar-refractivity contribution in [3.05, 3.63) is 52.2 Å². The van der Waals surface area contributed by atoms with Gasteiger partial charge in [-0.05, 0) is 42.0 Å². The molecule has 1 heterocycles. The van der Waals surface area contributed by atoms with Crippen LogP contribution in [0, 0.1) is 0 Å². The molecular formula is C23H30N2O4S. The van der Waals surface area contributed by atoms with E-state index in [4.69, 9.17) is 9.47 Å². The van der Waals surface area contributed by atoms with Crippen LogP contribution in [0.4, 0.5) is 0 Å². The highest BCUT2D eigenvalue weighted by molar-refractivity contribution is 7.12. The number of nitrogens with zero attached hydrogens (tertiary/aromatic N) is 1. The molecule has 0 saturated heterocycles. The second-order valence-corrected chi connectivity index (χ2v) is 8.44. The number of ether oxygens (including phenoxy) is 2. The van der Waals surface area contributed by atoms with E-state index < -0.39 is 6.04 Å². The smallest absolute Gasteiger partial charge is 0.264 e. The highest BCUT2D eigenvalue weighted by Crippen LogP contribution is 2.28. The molecule has 1 aromatic carbocycles. The maximum atomic E-state index is 13.5. The Kier molecular flexibility index (Phi) is 8.28. The van der Waals surface area contributed by atoms with Crippen molar-refractivity contribution in [1.29, 1.82) is 0 Å². The zero-order valence-electron chi connectivity index (χ0n) is 17.6. The van der Waals surface area contributed by atoms with Crippen LogP contribution >= 0.6 is 11.3 Å². The summed E-state index contributed by atoms with van der Waals surface area (Å²) in [6.45, 7) is 0.654. The van der Waals surface area contributed by atoms with Crippen molar-refractivity contribution in [1.82, 2.24) is 10.2 Å². The molecule has 6 nitrogen and oxygen atoms in total. The van der Waals surface area contributed by atoms with Crippen LogP contribution in [0.25, 0.3) is 0 Å². The number of benzene rings is 1. The average molecular weight is 431 g/mol. The van der Waals surface area contributed by atoms with Crippen LogP contribution < -0.4 is 10.1 Å². The van der Waals surface area contributed by atoms with Crippen LogP contribution in [0.2, 0.25) is 0 Å². The Hall–Kier alpha value is -2.38. The fraction of sp³-hybridized carbons (Fsp3) is 0.478. The first kappa shape index (κ1) is 22.3. The van der Waals surface area contributed by atoms with Gasteiger partial charge < -0.3 is 19.7 Å². The molecule has 1 fully saturated rings. The summed E-state index contributed by atoms with van der Waals surface area (Å²) in [4.78, 5) is 29.1. The summed E-state index contributed by atoms with van der Waals surface area (Å²) in [7, 11) is 3.19. The first-order valence-electron chi connectivity index (χ1n) is 10.4. The maximum absolute atomic E-state index is 13.5. The van der Waals surface area contributed by atoms with Gasteiger partial charge in [0.2, 0.25) is 5.91 Å². The second-order valence-electron chi connectivity index (χ2n) is 7.49. The molecule has 0 bridgehead atoms. The summed E-state index contributed by atoms with van der Waals surface area (Å²) in [5.74, 6) is 0.322. The van der Waals surface area contributed by atoms with Crippen LogP contribution in [0.15, 0.2) is 41.8 Å². The first-order valence-corrected chi connectivity index (χ1v) is 11.3. The fourth-order valence-electron chi connectivity index (χ4n) is 3.89. The number of hydrogen-bond acceptors (Lipinski definition) is 5. The molecule has 1 unspecified atom stereocenters. The van der Waals surface area contributed by atoms with Gasteiger partial charge in [0.05, 0.1) is 18.6 Å². The van der Waals surface area contributed by atoms with Crippen molar-refractivity contribution < 1.29 is 19.1 Å². The molecule has 1 atom stereocenters. The SMILES string of the molecule is COCCN(C(=O)c1cccs1)C(C(=O)NC1CCCCC1)c1cccc(OC)c1. The second kappa shape index (κ2) is 11.1. The number of amides is 2. The average Bonchev–Trinajstić information content (AvgIpc) is 3.32. The minimum Gasteiger partial charge on any atom is -0.497 e. The summed E-state index contributed by atoms with van der Waals surface area (Å²) in [6, 6.07) is 10.4. The van der Waals surface area contributed by atoms with Crippen LogP contribution in [-0.4, -0.2) is 50.1 Å². The lowest BCUT2D eigenvalue weighted by Crippen LogP contribution is -2.47. The highest BCUT2D eigenvalue weighted by Gasteiger charge is 2.33. The number of methoxy groups -OCH3 is 2. The molecule has 30 heavy (non-hydrogen) atoms. The van der Waals surface area contributed by atoms with Gasteiger partial charge in [-0.25, -0.2) is 0 Å². The van der Waals surface area contributed by atoms with Crippen molar-refractivity contribution in [2.75, 3.05) is 27.4 Å². The number of rotatable bonds is 9. The number of carbonyl (C=O) groups excluding carboxylic acids is 2. The number of thiophene rings is 1. The molecule has 0 aliphatic heterocycles. The molecule has 1 aromatic heterocycles. The number of nitrogens with one attached hydrogen (secondary N) is 1. The van der Waals surface area contributed by atoms with E-state index >= 15 is 0 Å². The standard InChI is InChI=1S/C23H30N2O4S/c1-28-14-13-25(23(27)20-12-7-15-30-20)21(17-8-6-11-19(16-17)29-2)22(26)24-18-9-4-3-5-10-18/h6-8,11-12,15-16,18,21H,3-5,9-10,13-14H2,1-2H3,(H,24,26). The molecule has 0 radical (unpaired) electrons. The lowest BCUT2D eigenvalue weighted by molar-refractivity contribution is -0.127. The van der Waals surface area contributed by atoms with E-state index in [0.29, 0.717) is 23.8 Å². The molecule has 0 spiro atoms. The third kappa shape index (κ3) is 5.61. The van der Waals surface area contributed by atoms with Crippen molar-refractivity contribution >= 4 is 23.2 Å². The van der Waals surface area contributed by atoms with Crippen LogP contribution in [0.3, 0.4) is 0 Å². The van der Waals surface area contributed by atoms with Crippen LogP contribution in [0.5, 0.6) is 5.75 Å². The van der Waals surface area contributed by atoms with Gasteiger partial charge in [-0.3, -0.25) is 9.59 Å². The van der Waals surface area contributed by atoms with E-state index in [1.807, 2.05) is 35.7 Å². The minimum absolute atomic E-state index is 0.153. The van der Waals surface area contributed by atoms with Crippen molar-refractivity contribution in [3.63, 3.8) is 0 Å². The Labute approximate surface area is 182 Å². The summed E-state index contributed by atoms with van der Waals surface area (Å²) < 4.78 is 10.6. The monoisotopic (exact) mass is 430 g/mol. The molecule has 162 valence electrons. The zero-order valence-corrected chi connectivity index (χ0v) is 18.5. The summed E-state index contributed by atoms with van der Waals surface area (Å²) in [6.07, 6.45) is 5.41. The van der Waals surface area contributed by atoms with Crippen LogP contribution in [-0.2, 0) is 9.53 Å². The van der Waals surface area contributed by atoms with Crippen molar-refractivity contribution in [3.8, 4) is 5.75 Å². The van der Waals surface area contributed by atoms with E-state index in [1.165, 1.54) is 17.8 Å². The van der Waals surface area contributed by atoms with Gasteiger partial charge in [-0.1, -0.05) is 37.5 Å². The van der Waals surface area contributed by atoms with Crippen molar-refractivity contribution in [2.45, 2.75) is 44.2 Å². The van der Waals surface area contributed by atoms with E-state index in [2.05, 4.69) is 5.32 Å². The lowest BCUT2D eigenvalue weighted by atomic mass is 9.94. The minimum atomic E-state index is -0.758. The largest absolute Gasteiger partial charge is 0.497 e. The van der Waals surface area contributed by atoms with Gasteiger partial charge in [0.25, 0.3) is 5.91 Å². The van der Waals surface area contributed by atoms with E-state index in [1.54, 1.807) is 25.2 Å². The molecule has 7 heteroatoms. The Bertz CT molecular complexity index is 818. The Morgan fingerprint density at radius 2 is 1.97 bits per heavy atom. The topological polar surface area (TPSA) is 67.9 Å². The van der Waals surface area contributed by atoms with Gasteiger partial charge >= 0.3 is 0 Å². The maximum Gasteiger partial charge on any atom is 0.264 e. The van der Waals surface area contributed by atoms with E-state index in [9.17, 15) is 9.59 Å². The molecule has 1 aliphatic carbocycles. The number of carbonyl (C=O) groups is 2. The Morgan fingerprint density at radius 1 is 1.17 bits per heavy atom. The van der Waals surface area contributed by atoms with E-state index in [0.717, 1.165) is 31.2 Å². The Balaban J connectivity index is 1.95. The predicted molar refractivity (Wildman–Crippen MR) is 118 cm³/mol. The molecule has 3 rings (SSSR count). The quantitative estimate of drug-likeness (QED) is 0.652. The molecule has 2 aromatic rings. The molecule has 1 aliphatic rings. The first-order chi connectivity index (χ1) is 14.6. The normalized spacial score (nSPS) is 15.4. The van der Waals surface area contributed by atoms with Gasteiger partial charge in [-0.15, -0.1) is 11.3 Å². The number of hydrogen-bond donors (Lipinski definition) is 1. The third-order valence-electron chi connectivity index (χ3n) is 5.45. The van der Waals surface area contributed by atoms with Gasteiger partial charge in [0.15, 0.2) is 0 Å². The van der Waals surface area contributed by atoms with Crippen LogP contribution in [0.1, 0.15) is 53.4 Å². The molecule has 1 N–H and O–H groups in total. The summed E-state index contributed by atoms with van der Waals surface area (Å²) in [5, 5.41) is 5.07. The zero-order chi connectivity index (χ0) is 21.3. The fourth-order valence-corrected chi connectivity index (χ4v) is 4.57. The third-order valence-corrected chi connectivity index (χ3v) is 6.31. The van der Waals surface area contributed by atoms with E-state index in [-0.39, 0.29) is 17.9 Å². The molecular weight excluding hydrogens is 400 g/mol. The Morgan fingerprint density at radius 3 is 2.63 bits per heavy atom. The van der Waals surface area contributed by atoms with Gasteiger partial charge in [-0.2, -0.15) is 0 Å². The molecule has 1 saturated carbocycles. The highest BCUT2D eigenvalue weighted by atomic mass is 32.1.